The van der Waals surface area contributed by atoms with Crippen molar-refractivity contribution in [2.24, 2.45) is 0 Å². The highest BCUT2D eigenvalue weighted by Crippen LogP contribution is 2.27. The number of esters is 1. The lowest BCUT2D eigenvalue weighted by molar-refractivity contribution is -0.142. The SMILES string of the molecule is COCc1cc(C(=O)OC)cc(S(=O)(=O)N2CCCCC2C(=O)O)c1. The number of hydrogen-bond donors (Lipinski definition) is 1. The van der Waals surface area contributed by atoms with Crippen LogP contribution in [0.25, 0.3) is 0 Å². The van der Waals surface area contributed by atoms with Crippen LogP contribution in [0.2, 0.25) is 0 Å². The third-order valence-electron chi connectivity index (χ3n) is 4.04. The molecule has 1 aromatic carbocycles. The van der Waals surface area contributed by atoms with Gasteiger partial charge in [-0.25, -0.2) is 13.2 Å². The van der Waals surface area contributed by atoms with Crippen LogP contribution in [0.1, 0.15) is 35.2 Å². The zero-order valence-electron chi connectivity index (χ0n) is 14.1. The Morgan fingerprint density at radius 1 is 1.24 bits per heavy atom. The van der Waals surface area contributed by atoms with Crippen LogP contribution in [-0.4, -0.2) is 56.6 Å². The van der Waals surface area contributed by atoms with Gasteiger partial charge in [-0.2, -0.15) is 4.31 Å². The molecule has 0 aliphatic carbocycles. The second-order valence-electron chi connectivity index (χ2n) is 5.76. The van der Waals surface area contributed by atoms with E-state index in [-0.39, 0.29) is 30.0 Å². The number of benzene rings is 1. The zero-order valence-corrected chi connectivity index (χ0v) is 14.9. The molecule has 9 heteroatoms. The number of hydrogen-bond acceptors (Lipinski definition) is 6. The molecule has 1 N–H and O–H groups in total. The molecule has 0 radical (unpaired) electrons. The molecule has 1 fully saturated rings. The summed E-state index contributed by atoms with van der Waals surface area (Å²) in [5, 5.41) is 9.34. The Bertz CT molecular complexity index is 760. The molecule has 1 aromatic rings. The largest absolute Gasteiger partial charge is 0.480 e. The lowest BCUT2D eigenvalue weighted by Gasteiger charge is -2.32. The molecular weight excluding hydrogens is 350 g/mol. The summed E-state index contributed by atoms with van der Waals surface area (Å²) in [4.78, 5) is 23.1. The van der Waals surface area contributed by atoms with E-state index in [0.29, 0.717) is 18.4 Å². The van der Waals surface area contributed by atoms with Crippen LogP contribution < -0.4 is 0 Å². The van der Waals surface area contributed by atoms with Gasteiger partial charge in [-0.1, -0.05) is 0 Å². The maximum Gasteiger partial charge on any atom is 0.337 e. The number of nitrogens with zero attached hydrogens (tertiary/aromatic N) is 1. The van der Waals surface area contributed by atoms with Crippen LogP contribution in [0.15, 0.2) is 23.1 Å². The van der Waals surface area contributed by atoms with Crippen molar-refractivity contribution in [1.29, 1.82) is 0 Å². The number of carbonyl (C=O) groups is 2. The van der Waals surface area contributed by atoms with E-state index in [2.05, 4.69) is 4.74 Å². The molecule has 0 bridgehead atoms. The Kier molecular flexibility index (Phi) is 6.15. The van der Waals surface area contributed by atoms with E-state index in [1.54, 1.807) is 0 Å². The summed E-state index contributed by atoms with van der Waals surface area (Å²) in [5.41, 5.74) is 0.548. The molecule has 1 saturated heterocycles. The van der Waals surface area contributed by atoms with Gasteiger partial charge in [0.1, 0.15) is 6.04 Å². The predicted octanol–water partition coefficient (Wildman–Crippen LogP) is 1.25. The highest BCUT2D eigenvalue weighted by molar-refractivity contribution is 7.89. The first kappa shape index (κ1) is 19.4. The van der Waals surface area contributed by atoms with Crippen LogP contribution >= 0.6 is 0 Å². The van der Waals surface area contributed by atoms with Gasteiger partial charge in [0, 0.05) is 13.7 Å². The number of carboxylic acid groups (broad SMARTS) is 1. The van der Waals surface area contributed by atoms with Crippen molar-refractivity contribution in [1.82, 2.24) is 4.31 Å². The lowest BCUT2D eigenvalue weighted by Crippen LogP contribution is -2.47. The Labute approximate surface area is 146 Å². The molecule has 138 valence electrons. The number of piperidine rings is 1. The molecule has 8 nitrogen and oxygen atoms in total. The monoisotopic (exact) mass is 371 g/mol. The van der Waals surface area contributed by atoms with E-state index >= 15 is 0 Å². The normalized spacial score (nSPS) is 18.7. The minimum atomic E-state index is -4.07. The molecule has 0 spiro atoms. The number of aliphatic carboxylic acids is 1. The Morgan fingerprint density at radius 2 is 1.96 bits per heavy atom. The minimum Gasteiger partial charge on any atom is -0.480 e. The summed E-state index contributed by atoms with van der Waals surface area (Å²) in [7, 11) is -1.42. The summed E-state index contributed by atoms with van der Waals surface area (Å²) < 4.78 is 36.6. The summed E-state index contributed by atoms with van der Waals surface area (Å²) in [6, 6.07) is 2.97. The molecule has 1 aliphatic rings. The Hall–Kier alpha value is -1.97. The summed E-state index contributed by atoms with van der Waals surface area (Å²) in [5.74, 6) is -1.85. The number of sulfonamides is 1. The zero-order chi connectivity index (χ0) is 18.6. The van der Waals surface area contributed by atoms with Crippen molar-refractivity contribution in [2.45, 2.75) is 36.8 Å². The second kappa shape index (κ2) is 7.94. The first-order valence-corrected chi connectivity index (χ1v) is 9.21. The van der Waals surface area contributed by atoms with Crippen molar-refractivity contribution >= 4 is 22.0 Å². The molecule has 1 atom stereocenters. The number of methoxy groups -OCH3 is 2. The van der Waals surface area contributed by atoms with E-state index < -0.39 is 28.0 Å². The van der Waals surface area contributed by atoms with Crippen LogP contribution in [0.3, 0.4) is 0 Å². The topological polar surface area (TPSA) is 110 Å². The van der Waals surface area contributed by atoms with E-state index in [0.717, 1.165) is 4.31 Å². The third-order valence-corrected chi connectivity index (χ3v) is 5.93. The molecule has 25 heavy (non-hydrogen) atoms. The van der Waals surface area contributed by atoms with E-state index in [4.69, 9.17) is 4.74 Å². The van der Waals surface area contributed by atoms with Gasteiger partial charge in [0.05, 0.1) is 24.2 Å². The van der Waals surface area contributed by atoms with Crippen molar-refractivity contribution in [3.05, 3.63) is 29.3 Å². The van der Waals surface area contributed by atoms with Gasteiger partial charge in [-0.05, 0) is 43.0 Å². The lowest BCUT2D eigenvalue weighted by atomic mass is 10.1. The smallest absolute Gasteiger partial charge is 0.337 e. The van der Waals surface area contributed by atoms with Gasteiger partial charge < -0.3 is 14.6 Å². The average Bonchev–Trinajstić information content (AvgIpc) is 2.61. The van der Waals surface area contributed by atoms with Crippen molar-refractivity contribution < 1.29 is 32.6 Å². The van der Waals surface area contributed by atoms with E-state index in [9.17, 15) is 23.1 Å². The van der Waals surface area contributed by atoms with Crippen LogP contribution in [0, 0.1) is 0 Å². The van der Waals surface area contributed by atoms with Crippen LogP contribution in [0.4, 0.5) is 0 Å². The summed E-state index contributed by atoms with van der Waals surface area (Å²) in [6.45, 7) is 0.233. The first-order chi connectivity index (χ1) is 11.8. The predicted molar refractivity (Wildman–Crippen MR) is 87.7 cm³/mol. The van der Waals surface area contributed by atoms with Crippen molar-refractivity contribution in [2.75, 3.05) is 20.8 Å². The van der Waals surface area contributed by atoms with Crippen molar-refractivity contribution in [3.8, 4) is 0 Å². The molecule has 1 aliphatic heterocycles. The number of carbonyl (C=O) groups excluding carboxylic acids is 1. The fraction of sp³-hybridized carbons (Fsp3) is 0.500. The highest BCUT2D eigenvalue weighted by atomic mass is 32.2. The van der Waals surface area contributed by atoms with Gasteiger partial charge in [0.15, 0.2) is 0 Å². The second-order valence-corrected chi connectivity index (χ2v) is 7.65. The Morgan fingerprint density at radius 3 is 2.56 bits per heavy atom. The molecule has 2 rings (SSSR count). The van der Waals surface area contributed by atoms with Gasteiger partial charge in [-0.3, -0.25) is 4.79 Å². The first-order valence-electron chi connectivity index (χ1n) is 7.77. The molecule has 0 amide bonds. The molecular formula is C16H21NO7S. The molecule has 0 saturated carbocycles. The number of carboxylic acids is 1. The van der Waals surface area contributed by atoms with Crippen LogP contribution in [0.5, 0.6) is 0 Å². The summed E-state index contributed by atoms with van der Waals surface area (Å²) >= 11 is 0. The quantitative estimate of drug-likeness (QED) is 0.749. The Balaban J connectivity index is 2.51. The molecule has 0 aromatic heterocycles. The fourth-order valence-electron chi connectivity index (χ4n) is 2.87. The van der Waals surface area contributed by atoms with Gasteiger partial charge in [-0.15, -0.1) is 0 Å². The highest BCUT2D eigenvalue weighted by Gasteiger charge is 2.38. The maximum atomic E-state index is 13.0. The maximum absolute atomic E-state index is 13.0. The third kappa shape index (κ3) is 4.17. The van der Waals surface area contributed by atoms with Gasteiger partial charge >= 0.3 is 11.9 Å². The van der Waals surface area contributed by atoms with E-state index in [1.165, 1.54) is 32.4 Å². The van der Waals surface area contributed by atoms with Gasteiger partial charge in [0.2, 0.25) is 10.0 Å². The number of rotatable bonds is 6. The molecule has 1 heterocycles. The average molecular weight is 371 g/mol. The van der Waals surface area contributed by atoms with E-state index in [1.807, 2.05) is 0 Å². The van der Waals surface area contributed by atoms with Crippen LogP contribution in [-0.2, 0) is 30.9 Å². The minimum absolute atomic E-state index is 0.0690. The summed E-state index contributed by atoms with van der Waals surface area (Å²) in [6.07, 6.45) is 1.50. The fourth-order valence-corrected chi connectivity index (χ4v) is 4.62. The number of ether oxygens (including phenoxy) is 2. The van der Waals surface area contributed by atoms with Crippen molar-refractivity contribution in [3.63, 3.8) is 0 Å². The molecule has 1 unspecified atom stereocenters. The van der Waals surface area contributed by atoms with Gasteiger partial charge in [0.25, 0.3) is 0 Å². The standard InChI is InChI=1S/C16H21NO7S/c1-23-10-11-7-12(16(20)24-2)9-13(8-11)25(21,22)17-6-4-3-5-14(17)15(18)19/h7-9,14H,3-6,10H2,1-2H3,(H,18,19).